The first-order chi connectivity index (χ1) is 14.0. The van der Waals surface area contributed by atoms with E-state index in [4.69, 9.17) is 28.9 Å². The largest absolute Gasteiger partial charge is 0.369 e. The number of nitrogens with two attached hydrogens (primary N) is 1. The molecule has 1 saturated heterocycles. The fourth-order valence-corrected chi connectivity index (χ4v) is 4.04. The molecule has 0 saturated carbocycles. The van der Waals surface area contributed by atoms with E-state index in [0.29, 0.717) is 5.02 Å². The van der Waals surface area contributed by atoms with Crippen LogP contribution in [0.1, 0.15) is 37.7 Å². The number of nitrogens with zero attached hydrogens (tertiary/aromatic N) is 2. The Hall–Kier alpha value is -1.50. The minimum Gasteiger partial charge on any atom is -0.369 e. The highest BCUT2D eigenvalue weighted by molar-refractivity contribution is 6.35. The second-order valence-corrected chi connectivity index (χ2v) is 8.33. The Morgan fingerprint density at radius 2 is 1.86 bits per heavy atom. The molecule has 6 nitrogen and oxygen atoms in total. The van der Waals surface area contributed by atoms with E-state index >= 15 is 0 Å². The number of aryl methyl sites for hydroxylation is 1. The van der Waals surface area contributed by atoms with Crippen molar-refractivity contribution in [3.8, 4) is 0 Å². The summed E-state index contributed by atoms with van der Waals surface area (Å²) < 4.78 is 0. The summed E-state index contributed by atoms with van der Waals surface area (Å²) in [5.74, 6) is 0.747. The molecular weight excluding hydrogens is 409 g/mol. The second-order valence-electron chi connectivity index (χ2n) is 7.49. The smallest absolute Gasteiger partial charge is 0.220 e. The molecule has 1 amide bonds. The first-order valence-electron chi connectivity index (χ1n) is 10.4. The summed E-state index contributed by atoms with van der Waals surface area (Å²) in [4.78, 5) is 17.9. The molecule has 0 aliphatic carbocycles. The highest BCUT2D eigenvalue weighted by Gasteiger charge is 2.22. The summed E-state index contributed by atoms with van der Waals surface area (Å²) in [6.45, 7) is 4.73. The standard InChI is InChI=1S/C21H33Cl2N5O/c1-25-21(27-11-4-5-16-6-7-18(22)15-19(16)23)26-10-2-3-12-28-13-8-17(9-14-28)20(24)29/h6-7,15,17H,2-5,8-14H2,1H3,(H2,24,29)(H2,25,26,27). The van der Waals surface area contributed by atoms with Crippen LogP contribution in [0.15, 0.2) is 23.2 Å². The topological polar surface area (TPSA) is 82.8 Å². The highest BCUT2D eigenvalue weighted by atomic mass is 35.5. The van der Waals surface area contributed by atoms with Crippen LogP contribution >= 0.6 is 23.2 Å². The van der Waals surface area contributed by atoms with Gasteiger partial charge in [-0.2, -0.15) is 0 Å². The molecule has 1 aromatic carbocycles. The van der Waals surface area contributed by atoms with E-state index < -0.39 is 0 Å². The van der Waals surface area contributed by atoms with Gasteiger partial charge in [0.25, 0.3) is 0 Å². The van der Waals surface area contributed by atoms with Crippen molar-refractivity contribution in [2.75, 3.05) is 39.8 Å². The molecule has 162 valence electrons. The lowest BCUT2D eigenvalue weighted by Crippen LogP contribution is -2.40. The normalized spacial score (nSPS) is 16.0. The Morgan fingerprint density at radius 3 is 2.48 bits per heavy atom. The Balaban J connectivity index is 1.52. The van der Waals surface area contributed by atoms with Gasteiger partial charge in [0.15, 0.2) is 5.96 Å². The summed E-state index contributed by atoms with van der Waals surface area (Å²) in [5, 5.41) is 8.09. The van der Waals surface area contributed by atoms with E-state index in [0.717, 1.165) is 87.8 Å². The quantitative estimate of drug-likeness (QED) is 0.296. The van der Waals surface area contributed by atoms with Crippen molar-refractivity contribution in [3.05, 3.63) is 33.8 Å². The molecule has 1 aromatic rings. The third-order valence-electron chi connectivity index (χ3n) is 5.34. The highest BCUT2D eigenvalue weighted by Crippen LogP contribution is 2.21. The zero-order chi connectivity index (χ0) is 21.1. The van der Waals surface area contributed by atoms with Gasteiger partial charge in [0.05, 0.1) is 0 Å². The van der Waals surface area contributed by atoms with Gasteiger partial charge < -0.3 is 21.3 Å². The third-order valence-corrected chi connectivity index (χ3v) is 5.92. The van der Waals surface area contributed by atoms with Crippen molar-refractivity contribution in [2.24, 2.45) is 16.6 Å². The van der Waals surface area contributed by atoms with E-state index in [1.165, 1.54) is 0 Å². The van der Waals surface area contributed by atoms with Crippen LogP contribution in [0.4, 0.5) is 0 Å². The lowest BCUT2D eigenvalue weighted by Gasteiger charge is -2.30. The number of hydrogen-bond acceptors (Lipinski definition) is 3. The summed E-state index contributed by atoms with van der Waals surface area (Å²) in [6, 6.07) is 5.64. The first kappa shape index (κ1) is 23.8. The number of unbranched alkanes of at least 4 members (excludes halogenated alkanes) is 1. The predicted octanol–water partition coefficient (Wildman–Crippen LogP) is 3.07. The summed E-state index contributed by atoms with van der Waals surface area (Å²) >= 11 is 12.1. The van der Waals surface area contributed by atoms with E-state index in [-0.39, 0.29) is 11.8 Å². The van der Waals surface area contributed by atoms with Crippen molar-refractivity contribution in [2.45, 2.75) is 38.5 Å². The second kappa shape index (κ2) is 12.9. The maximum Gasteiger partial charge on any atom is 0.220 e. The predicted molar refractivity (Wildman–Crippen MR) is 122 cm³/mol. The average Bonchev–Trinajstić information content (AvgIpc) is 2.71. The van der Waals surface area contributed by atoms with Crippen LogP contribution in [0.25, 0.3) is 0 Å². The van der Waals surface area contributed by atoms with Crippen LogP contribution in [0, 0.1) is 5.92 Å². The minimum absolute atomic E-state index is 0.0676. The van der Waals surface area contributed by atoms with Gasteiger partial charge in [-0.15, -0.1) is 0 Å². The fraction of sp³-hybridized carbons (Fsp3) is 0.619. The number of primary amides is 1. The molecule has 0 spiro atoms. The molecule has 0 aromatic heterocycles. The molecule has 0 radical (unpaired) electrons. The number of aliphatic imine (C=N–C) groups is 1. The Bertz CT molecular complexity index is 675. The average molecular weight is 442 g/mol. The molecule has 29 heavy (non-hydrogen) atoms. The number of hydrogen-bond donors (Lipinski definition) is 3. The number of nitrogens with one attached hydrogen (secondary N) is 2. The molecule has 1 fully saturated rings. The molecule has 0 atom stereocenters. The Morgan fingerprint density at radius 1 is 1.17 bits per heavy atom. The van der Waals surface area contributed by atoms with Crippen LogP contribution in [-0.4, -0.2) is 56.5 Å². The molecule has 0 bridgehead atoms. The van der Waals surface area contributed by atoms with Crippen LogP contribution in [0.2, 0.25) is 10.0 Å². The number of halogens is 2. The number of piperidine rings is 1. The molecule has 2 rings (SSSR count). The van der Waals surface area contributed by atoms with Crippen molar-refractivity contribution in [1.82, 2.24) is 15.5 Å². The maximum atomic E-state index is 11.2. The molecule has 0 unspecified atom stereocenters. The van der Waals surface area contributed by atoms with Gasteiger partial charge in [-0.3, -0.25) is 9.79 Å². The van der Waals surface area contributed by atoms with E-state index in [1.54, 1.807) is 13.1 Å². The van der Waals surface area contributed by atoms with Gasteiger partial charge in [-0.1, -0.05) is 29.3 Å². The SMILES string of the molecule is CN=C(NCCCCN1CCC(C(N)=O)CC1)NCCCc1ccc(Cl)cc1Cl. The van der Waals surface area contributed by atoms with Crippen LogP contribution in [0.5, 0.6) is 0 Å². The Kier molecular flexibility index (Phi) is 10.6. The zero-order valence-corrected chi connectivity index (χ0v) is 18.7. The number of amides is 1. The molecule has 1 aliphatic heterocycles. The number of guanidine groups is 1. The summed E-state index contributed by atoms with van der Waals surface area (Å²) in [5.41, 5.74) is 6.50. The van der Waals surface area contributed by atoms with E-state index in [1.807, 2.05) is 12.1 Å². The number of rotatable bonds is 10. The van der Waals surface area contributed by atoms with Gasteiger partial charge >= 0.3 is 0 Å². The lowest BCUT2D eigenvalue weighted by molar-refractivity contribution is -0.123. The monoisotopic (exact) mass is 441 g/mol. The van der Waals surface area contributed by atoms with Gasteiger partial charge in [-0.05, 0) is 75.9 Å². The maximum absolute atomic E-state index is 11.2. The van der Waals surface area contributed by atoms with Crippen molar-refractivity contribution < 1.29 is 4.79 Å². The van der Waals surface area contributed by atoms with Gasteiger partial charge in [0.1, 0.15) is 0 Å². The van der Waals surface area contributed by atoms with E-state index in [9.17, 15) is 4.79 Å². The van der Waals surface area contributed by atoms with Crippen molar-refractivity contribution >= 4 is 35.1 Å². The number of carbonyl (C=O) groups excluding carboxylic acids is 1. The van der Waals surface area contributed by atoms with Gasteiger partial charge in [0.2, 0.25) is 5.91 Å². The summed E-state index contributed by atoms with van der Waals surface area (Å²) in [7, 11) is 1.79. The van der Waals surface area contributed by atoms with Crippen molar-refractivity contribution in [3.63, 3.8) is 0 Å². The van der Waals surface area contributed by atoms with Gasteiger partial charge in [-0.25, -0.2) is 0 Å². The molecule has 4 N–H and O–H groups in total. The first-order valence-corrected chi connectivity index (χ1v) is 11.2. The number of carbonyl (C=O) groups is 1. The fourth-order valence-electron chi connectivity index (χ4n) is 3.54. The summed E-state index contributed by atoms with van der Waals surface area (Å²) in [6.07, 6.45) is 5.85. The molecule has 1 aliphatic rings. The number of benzene rings is 1. The minimum atomic E-state index is -0.149. The number of likely N-dealkylation sites (tertiary alicyclic amines) is 1. The van der Waals surface area contributed by atoms with Crippen LogP contribution in [0.3, 0.4) is 0 Å². The van der Waals surface area contributed by atoms with Crippen molar-refractivity contribution in [1.29, 1.82) is 0 Å². The van der Waals surface area contributed by atoms with Gasteiger partial charge in [0, 0.05) is 36.1 Å². The zero-order valence-electron chi connectivity index (χ0n) is 17.2. The molecular formula is C21H33Cl2N5O. The third kappa shape index (κ3) is 8.81. The molecule has 1 heterocycles. The van der Waals surface area contributed by atoms with E-state index in [2.05, 4.69) is 20.5 Å². The lowest BCUT2D eigenvalue weighted by atomic mass is 9.96. The Labute approximate surface area is 184 Å². The molecule has 8 heteroatoms. The van der Waals surface area contributed by atoms with Crippen LogP contribution < -0.4 is 16.4 Å². The van der Waals surface area contributed by atoms with Crippen LogP contribution in [-0.2, 0) is 11.2 Å².